The van der Waals surface area contributed by atoms with Gasteiger partial charge in [0.2, 0.25) is 36.9 Å². The average molecular weight is 1010 g/mol. The largest absolute Gasteiger partial charge is 1.00 e. The molecule has 0 aliphatic carbocycles. The van der Waals surface area contributed by atoms with E-state index in [1.807, 2.05) is 54.6 Å². The zero-order chi connectivity index (χ0) is 52.0. The van der Waals surface area contributed by atoms with Gasteiger partial charge < -0.3 is 79.0 Å². The van der Waals surface area contributed by atoms with E-state index in [0.29, 0.717) is 57.4 Å². The summed E-state index contributed by atoms with van der Waals surface area (Å²) in [7, 11) is 6.03. The maximum Gasteiger partial charge on any atom is 1.00 e. The zero-order valence-corrected chi connectivity index (χ0v) is 44.2. The number of nitrogens with one attached hydrogen (secondary N) is 3. The molecule has 0 unspecified atom stereocenters. The van der Waals surface area contributed by atoms with Gasteiger partial charge in [0, 0.05) is 12.4 Å². The van der Waals surface area contributed by atoms with Crippen molar-refractivity contribution >= 4 is 65.5 Å². The molecule has 72 heavy (non-hydrogen) atoms. The molecule has 4 aromatic carbocycles. The maximum absolute atomic E-state index is 13.4. The molecule has 5 N–H and O–H groups in total. The number of fused-ring (bicyclic) bond motifs is 2. The third-order valence-electron chi connectivity index (χ3n) is 9.78. The number of esters is 1. The van der Waals surface area contributed by atoms with Crippen LogP contribution in [0.5, 0.6) is 46.0 Å². The fourth-order valence-electron chi connectivity index (χ4n) is 6.66. The number of nitrogens with two attached hydrogens (primary N) is 1. The number of alkyl carbamates (subject to hydrolysis) is 1. The van der Waals surface area contributed by atoms with Crippen LogP contribution in [0.25, 0.3) is 24.3 Å². The van der Waals surface area contributed by atoms with Crippen LogP contribution in [-0.4, -0.2) is 95.2 Å². The molecule has 0 saturated carbocycles. The third-order valence-corrected chi connectivity index (χ3v) is 9.78. The van der Waals surface area contributed by atoms with E-state index >= 15 is 0 Å². The van der Waals surface area contributed by atoms with Crippen molar-refractivity contribution in [1.29, 1.82) is 0 Å². The molecule has 0 spiro atoms. The second kappa shape index (κ2) is 25.8. The van der Waals surface area contributed by atoms with Crippen molar-refractivity contribution < 1.29 is 106 Å². The number of rotatable bonds is 17. The Morgan fingerprint density at radius 1 is 0.597 bits per heavy atom. The Morgan fingerprint density at radius 3 is 1.44 bits per heavy atom. The number of hydrogen-bond acceptors (Lipinski definition) is 17. The van der Waals surface area contributed by atoms with E-state index in [0.717, 1.165) is 22.3 Å². The zero-order valence-electron chi connectivity index (χ0n) is 42.2. The summed E-state index contributed by atoms with van der Waals surface area (Å²) in [4.78, 5) is 61.2. The molecule has 6 rings (SSSR count). The molecule has 2 aliphatic rings. The van der Waals surface area contributed by atoms with E-state index in [1.54, 1.807) is 86.1 Å². The number of carbonyl (C=O) groups excluding carboxylic acids is 5. The van der Waals surface area contributed by atoms with Gasteiger partial charge in [-0.1, -0.05) is 36.4 Å². The molecule has 0 saturated heterocycles. The summed E-state index contributed by atoms with van der Waals surface area (Å²) >= 11 is 0. The summed E-state index contributed by atoms with van der Waals surface area (Å²) < 4.78 is 53.8. The molecule has 0 bridgehead atoms. The van der Waals surface area contributed by atoms with Crippen molar-refractivity contribution in [3.8, 4) is 46.0 Å². The molecule has 2 aliphatic heterocycles. The minimum Gasteiger partial charge on any atom is -0.550 e. The van der Waals surface area contributed by atoms with Crippen LogP contribution in [0.15, 0.2) is 60.7 Å². The summed E-state index contributed by atoms with van der Waals surface area (Å²) in [5, 5.41) is 18.5. The first-order valence-corrected chi connectivity index (χ1v) is 22.0. The van der Waals surface area contributed by atoms with Crippen molar-refractivity contribution in [3.05, 3.63) is 82.9 Å². The van der Waals surface area contributed by atoms with Gasteiger partial charge in [0.1, 0.15) is 28.7 Å². The number of aliphatic carboxylic acids is 1. The van der Waals surface area contributed by atoms with E-state index in [1.165, 1.54) is 14.2 Å². The van der Waals surface area contributed by atoms with E-state index in [2.05, 4.69) is 16.0 Å². The first kappa shape index (κ1) is 57.4. The monoisotopic (exact) mass is 1010 g/mol. The van der Waals surface area contributed by atoms with Crippen LogP contribution in [-0.2, 0) is 28.7 Å². The molecular formula is C51H59N4NaO16. The second-order valence-electron chi connectivity index (χ2n) is 17.7. The number of carboxylic acids is 1. The van der Waals surface area contributed by atoms with Crippen LogP contribution in [0.1, 0.15) is 76.6 Å². The predicted octanol–water partition coefficient (Wildman–Crippen LogP) is 3.18. The van der Waals surface area contributed by atoms with Gasteiger partial charge in [-0.2, -0.15) is 0 Å². The third kappa shape index (κ3) is 17.0. The van der Waals surface area contributed by atoms with Gasteiger partial charge in [0.05, 0.1) is 52.3 Å². The van der Waals surface area contributed by atoms with Gasteiger partial charge in [0.25, 0.3) is 0 Å². The summed E-state index contributed by atoms with van der Waals surface area (Å²) in [5.41, 5.74) is 7.85. The Labute approximate surface area is 439 Å². The van der Waals surface area contributed by atoms with Crippen LogP contribution >= 0.6 is 0 Å². The van der Waals surface area contributed by atoms with Gasteiger partial charge in [-0.05, 0) is 112 Å². The van der Waals surface area contributed by atoms with Crippen molar-refractivity contribution in [1.82, 2.24) is 5.32 Å². The second-order valence-corrected chi connectivity index (χ2v) is 17.7. The number of anilines is 2. The van der Waals surface area contributed by atoms with E-state index < -0.39 is 66.0 Å². The quantitative estimate of drug-likeness (QED) is 0.0673. The fraction of sp³-hybridized carbons (Fsp3) is 0.353. The molecular weight excluding hydrogens is 948 g/mol. The standard InChI is InChI=1S/C30H38N2O9.C21H22N2O7.Na/c1-29(2,3)40-25(33)16-21(32-28(35)41-30(4,5)6)27(34)31-20-13-18(11-12-22(20)36-7)9-10-19-14-23(37-8)26-24(15-19)38-17-39-26;1-27-16-6-5-12(7-15(16)23-21(26)14(22)10-19(24)25)3-4-13-8-17(28-2)20-18(9-13)29-11-30-20;/h9-15,21H,16-17H2,1-8H3,(H,31,34)(H,32,35);3-9,14H,10-11,22H2,1-2H3,(H,23,26)(H,24,25);/q;;+1/p-1/b10-9-;4-3-;/t21-;14-;/m00./s1. The summed E-state index contributed by atoms with van der Waals surface area (Å²) in [6.45, 7) is 10.5. The average Bonchev–Trinajstić information content (AvgIpc) is 3.99. The molecule has 2 atom stereocenters. The Hall–Kier alpha value is -7.13. The Kier molecular flexibility index (Phi) is 20.6. The number of ether oxygens (including phenoxy) is 10. The van der Waals surface area contributed by atoms with Gasteiger partial charge >= 0.3 is 41.6 Å². The normalized spacial score (nSPS) is 13.1. The van der Waals surface area contributed by atoms with Gasteiger partial charge in [0.15, 0.2) is 23.0 Å². The van der Waals surface area contributed by atoms with Gasteiger partial charge in [-0.25, -0.2) is 4.79 Å². The van der Waals surface area contributed by atoms with Gasteiger partial charge in [-0.3, -0.25) is 14.4 Å². The Bertz CT molecular complexity index is 2630. The van der Waals surface area contributed by atoms with Crippen LogP contribution < -0.4 is 94.2 Å². The molecule has 3 amide bonds. The fourth-order valence-corrected chi connectivity index (χ4v) is 6.66. The van der Waals surface area contributed by atoms with E-state index in [-0.39, 0.29) is 43.1 Å². The minimum absolute atomic E-state index is 0. The van der Waals surface area contributed by atoms with Crippen LogP contribution in [0, 0.1) is 0 Å². The molecule has 380 valence electrons. The molecule has 20 nitrogen and oxygen atoms in total. The van der Waals surface area contributed by atoms with Gasteiger partial charge in [-0.15, -0.1) is 0 Å². The minimum atomic E-state index is -1.40. The molecule has 0 aromatic heterocycles. The van der Waals surface area contributed by atoms with Crippen LogP contribution in [0.4, 0.5) is 16.2 Å². The Balaban J connectivity index is 0.000000322. The number of amides is 3. The van der Waals surface area contributed by atoms with Crippen molar-refractivity contribution in [2.24, 2.45) is 5.73 Å². The van der Waals surface area contributed by atoms with Crippen LogP contribution in [0.2, 0.25) is 0 Å². The Morgan fingerprint density at radius 2 is 1.03 bits per heavy atom. The summed E-state index contributed by atoms with van der Waals surface area (Å²) in [5.74, 6) is 0.845. The molecule has 21 heteroatoms. The maximum atomic E-state index is 13.4. The van der Waals surface area contributed by atoms with E-state index in [4.69, 9.17) is 53.1 Å². The first-order chi connectivity index (χ1) is 33.6. The summed E-state index contributed by atoms with van der Waals surface area (Å²) in [6.07, 6.45) is 5.53. The topological polar surface area (TPSA) is 263 Å². The molecule has 0 radical (unpaired) electrons. The first-order valence-electron chi connectivity index (χ1n) is 22.0. The predicted molar refractivity (Wildman–Crippen MR) is 261 cm³/mol. The van der Waals surface area contributed by atoms with Crippen LogP contribution in [0.3, 0.4) is 0 Å². The number of methoxy groups -OCH3 is 4. The molecule has 0 fully saturated rings. The number of hydrogen-bond donors (Lipinski definition) is 4. The van der Waals surface area contributed by atoms with Crippen molar-refractivity contribution in [3.63, 3.8) is 0 Å². The smallest absolute Gasteiger partial charge is 0.550 e. The summed E-state index contributed by atoms with van der Waals surface area (Å²) in [6, 6.07) is 15.2. The van der Waals surface area contributed by atoms with Crippen molar-refractivity contribution in [2.75, 3.05) is 52.7 Å². The molecule has 2 heterocycles. The van der Waals surface area contributed by atoms with Crippen molar-refractivity contribution in [2.45, 2.75) is 77.7 Å². The molecule has 4 aromatic rings. The number of carbonyl (C=O) groups is 5. The number of benzene rings is 4. The SMILES string of the molecule is COc1ccc(/C=C\c2cc(OC)c3c(c2)OCO3)cc1NC(=O)[C@@H](N)CC(=O)[O-].COc1ccc(/C=C\c2cc(OC)c3c(c2)OCO3)cc1NC(=O)[C@H](CC(=O)OC(C)(C)C)NC(=O)OC(C)(C)C.[Na+]. The number of carboxylic acid groups (broad SMARTS) is 1. The van der Waals surface area contributed by atoms with E-state index in [9.17, 15) is 29.1 Å².